The molecule has 0 radical (unpaired) electrons. The van der Waals surface area contributed by atoms with Crippen molar-refractivity contribution in [1.82, 2.24) is 0 Å². The minimum absolute atomic E-state index is 0. The molecule has 0 saturated heterocycles. The van der Waals surface area contributed by atoms with Gasteiger partial charge in [-0.05, 0) is 6.92 Å². The Labute approximate surface area is 66.7 Å². The van der Waals surface area contributed by atoms with Crippen LogP contribution in [0.3, 0.4) is 0 Å². The molecule has 52 valence electrons. The molecule has 0 amide bonds. The summed E-state index contributed by atoms with van der Waals surface area (Å²) in [6.45, 7) is 1.44. The maximum Gasteiger partial charge on any atom is 1.00 e. The Kier molecular flexibility index (Phi) is 14.5. The summed E-state index contributed by atoms with van der Waals surface area (Å²) in [7, 11) is -4.67. The molecular weight excluding hydrogens is 143 g/mol. The number of hydrogen-bond donors (Lipinski definition) is 2. The number of hydrogen-bond acceptors (Lipinski definition) is 3. The van der Waals surface area contributed by atoms with Crippen LogP contribution in [0.4, 0.5) is 0 Å². The Hall–Kier alpha value is 0.137. The molecule has 0 bridgehead atoms. The molecule has 0 aliphatic heterocycles. The summed E-state index contributed by atoms with van der Waals surface area (Å²) < 4.78 is 31.6. The van der Waals surface area contributed by atoms with Crippen LogP contribution in [0.1, 0.15) is 8.35 Å². The molecule has 0 aliphatic rings. The van der Waals surface area contributed by atoms with Crippen LogP contribution in [-0.4, -0.2) is 23.8 Å². The van der Waals surface area contributed by atoms with Gasteiger partial charge in [0.15, 0.2) is 0 Å². The average Bonchev–Trinajstić information content (AvgIpc) is 1.27. The molecule has 9 heavy (non-hydrogen) atoms. The van der Waals surface area contributed by atoms with Crippen molar-refractivity contribution < 1.29 is 42.6 Å². The maximum atomic E-state index is 8.81. The van der Waals surface area contributed by atoms with Crippen LogP contribution < -0.4 is 18.9 Å². The quantitative estimate of drug-likeness (QED) is 0.214. The van der Waals surface area contributed by atoms with Gasteiger partial charge in [0.2, 0.25) is 0 Å². The van der Waals surface area contributed by atoms with E-state index >= 15 is 0 Å². The van der Waals surface area contributed by atoms with Gasteiger partial charge in [0.1, 0.15) is 6.29 Å². The standard InChI is InChI=1S/C2H4O.Li.H2O4S.H/c1-2-3;;1-5(2,3)4;/h2H,1H3;;(H2,1,2,3,4);/q;+1;;-1. The van der Waals surface area contributed by atoms with Gasteiger partial charge in [-0.3, -0.25) is 9.11 Å². The van der Waals surface area contributed by atoms with Crippen molar-refractivity contribution in [1.29, 1.82) is 0 Å². The van der Waals surface area contributed by atoms with E-state index in [0.717, 1.165) is 6.29 Å². The predicted octanol–water partition coefficient (Wildman–Crippen LogP) is -3.33. The van der Waals surface area contributed by atoms with E-state index in [0.29, 0.717) is 0 Å². The van der Waals surface area contributed by atoms with E-state index in [1.807, 2.05) is 0 Å². The fourth-order valence-corrected chi connectivity index (χ4v) is 0. The Morgan fingerprint density at radius 1 is 1.44 bits per heavy atom. The first kappa shape index (κ1) is 16.1. The van der Waals surface area contributed by atoms with E-state index in [1.165, 1.54) is 6.92 Å². The van der Waals surface area contributed by atoms with Gasteiger partial charge in [0, 0.05) is 0 Å². The summed E-state index contributed by atoms with van der Waals surface area (Å²) in [4.78, 5) is 8.81. The van der Waals surface area contributed by atoms with Crippen molar-refractivity contribution in [2.75, 3.05) is 0 Å². The van der Waals surface area contributed by atoms with Gasteiger partial charge in [0.25, 0.3) is 0 Å². The number of rotatable bonds is 0. The van der Waals surface area contributed by atoms with Crippen LogP contribution in [0.15, 0.2) is 0 Å². The zero-order valence-electron chi connectivity index (χ0n) is 6.10. The zero-order valence-corrected chi connectivity index (χ0v) is 5.92. The molecule has 0 aromatic heterocycles. The van der Waals surface area contributed by atoms with Gasteiger partial charge in [-0.1, -0.05) is 0 Å². The summed E-state index contributed by atoms with van der Waals surface area (Å²) in [6, 6.07) is 0. The second kappa shape index (κ2) is 8.14. The first-order valence-electron chi connectivity index (χ1n) is 1.51. The minimum atomic E-state index is -4.67. The second-order valence-corrected chi connectivity index (χ2v) is 1.58. The summed E-state index contributed by atoms with van der Waals surface area (Å²) in [6.07, 6.45) is 0.750. The van der Waals surface area contributed by atoms with Crippen LogP contribution in [0.5, 0.6) is 0 Å². The van der Waals surface area contributed by atoms with Crippen molar-refractivity contribution in [3.05, 3.63) is 0 Å². The molecule has 7 heteroatoms. The molecule has 0 aromatic rings. The molecule has 0 spiro atoms. The number of carbonyl (C=O) groups excluding carboxylic acids is 1. The topological polar surface area (TPSA) is 91.7 Å². The van der Waals surface area contributed by atoms with E-state index in [2.05, 4.69) is 0 Å². The van der Waals surface area contributed by atoms with E-state index < -0.39 is 10.4 Å². The van der Waals surface area contributed by atoms with Gasteiger partial charge in [-0.2, -0.15) is 8.42 Å². The molecule has 5 nitrogen and oxygen atoms in total. The largest absolute Gasteiger partial charge is 1.00 e. The molecule has 0 aliphatic carbocycles. The van der Waals surface area contributed by atoms with Gasteiger partial charge in [0.05, 0.1) is 0 Å². The van der Waals surface area contributed by atoms with Crippen LogP contribution in [0.2, 0.25) is 0 Å². The van der Waals surface area contributed by atoms with Gasteiger partial charge < -0.3 is 6.22 Å². The zero-order chi connectivity index (χ0) is 7.21. The Morgan fingerprint density at radius 2 is 1.44 bits per heavy atom. The van der Waals surface area contributed by atoms with Gasteiger partial charge >= 0.3 is 29.3 Å². The molecule has 0 unspecified atom stereocenters. The number of aldehydes is 1. The van der Waals surface area contributed by atoms with Crippen molar-refractivity contribution in [3.63, 3.8) is 0 Å². The molecule has 0 fully saturated rings. The van der Waals surface area contributed by atoms with Crippen LogP contribution >= 0.6 is 0 Å². The normalized spacial score (nSPS) is 7.89. The Bertz CT molecular complexity index is 134. The third kappa shape index (κ3) is 16200. The van der Waals surface area contributed by atoms with Crippen molar-refractivity contribution >= 4 is 16.7 Å². The van der Waals surface area contributed by atoms with Crippen LogP contribution in [0.25, 0.3) is 0 Å². The van der Waals surface area contributed by atoms with Crippen LogP contribution in [-0.2, 0) is 15.2 Å². The van der Waals surface area contributed by atoms with Crippen molar-refractivity contribution in [2.45, 2.75) is 6.92 Å². The number of carbonyl (C=O) groups is 1. The summed E-state index contributed by atoms with van der Waals surface area (Å²) in [5.41, 5.74) is 0. The van der Waals surface area contributed by atoms with Gasteiger partial charge in [-0.25, -0.2) is 0 Å². The molecular formula is C2H7LiO5S. The molecule has 0 atom stereocenters. The molecule has 2 N–H and O–H groups in total. The van der Waals surface area contributed by atoms with Crippen LogP contribution in [0, 0.1) is 0 Å². The smallest absolute Gasteiger partial charge is 1.00 e. The maximum absolute atomic E-state index is 8.81. The molecule has 0 heterocycles. The third-order valence-electron chi connectivity index (χ3n) is 0. The third-order valence-corrected chi connectivity index (χ3v) is 0. The fourth-order valence-electron chi connectivity index (χ4n) is 0. The monoisotopic (exact) mass is 150 g/mol. The van der Waals surface area contributed by atoms with Crippen molar-refractivity contribution in [2.24, 2.45) is 0 Å². The SMILES string of the molecule is CC=O.O=S(=O)(O)O.[H-].[Li+]. The molecule has 0 saturated carbocycles. The average molecular weight is 150 g/mol. The van der Waals surface area contributed by atoms with E-state index in [1.54, 1.807) is 0 Å². The Morgan fingerprint density at radius 3 is 1.44 bits per heavy atom. The van der Waals surface area contributed by atoms with E-state index in [4.69, 9.17) is 22.3 Å². The molecule has 0 aromatic carbocycles. The summed E-state index contributed by atoms with van der Waals surface area (Å²) >= 11 is 0. The summed E-state index contributed by atoms with van der Waals surface area (Å²) in [5, 5.41) is 0. The molecule has 0 rings (SSSR count). The van der Waals surface area contributed by atoms with Gasteiger partial charge in [-0.15, -0.1) is 0 Å². The second-order valence-electron chi connectivity index (χ2n) is 0.684. The first-order chi connectivity index (χ1) is 3.41. The summed E-state index contributed by atoms with van der Waals surface area (Å²) in [5.74, 6) is 0. The Balaban J connectivity index is -0.0000000326. The van der Waals surface area contributed by atoms with E-state index in [9.17, 15) is 0 Å². The van der Waals surface area contributed by atoms with Crippen molar-refractivity contribution in [3.8, 4) is 0 Å². The fraction of sp³-hybridized carbons (Fsp3) is 0.500. The minimum Gasteiger partial charge on any atom is -1.00 e. The predicted molar refractivity (Wildman–Crippen MR) is 27.0 cm³/mol. The van der Waals surface area contributed by atoms with E-state index in [-0.39, 0.29) is 20.3 Å². The first-order valence-corrected chi connectivity index (χ1v) is 2.91.